The molecule has 2 aromatic rings. The van der Waals surface area contributed by atoms with Gasteiger partial charge in [-0.1, -0.05) is 24.8 Å². The molecule has 6 rings (SSSR count). The van der Waals surface area contributed by atoms with Crippen molar-refractivity contribution in [3.05, 3.63) is 65.2 Å². The maximum absolute atomic E-state index is 12.6. The number of anilines is 1. The average Bonchev–Trinajstić information content (AvgIpc) is 3.40. The molecule has 1 unspecified atom stereocenters. The number of likely N-dealkylation sites (N-methyl/N-ethyl adjacent to an activating group) is 2. The summed E-state index contributed by atoms with van der Waals surface area (Å²) < 4.78 is 12.4. The minimum Gasteiger partial charge on any atom is -0.493 e. The number of amides is 1. The molecule has 4 aliphatic rings. The molecular weight excluding hydrogens is 518 g/mol. The zero-order valence-electron chi connectivity index (χ0n) is 24.1. The third kappa shape index (κ3) is 5.02. The summed E-state index contributed by atoms with van der Waals surface area (Å²) in [7, 11) is 4.32. The molecule has 1 aromatic carbocycles. The van der Waals surface area contributed by atoms with Crippen LogP contribution in [0.5, 0.6) is 11.8 Å². The standard InChI is InChI=1S/C31H39N7O3/c1-5-28(39)38-15-14-37(19-23(38)18-32-2)29-24-20-36(4)31(12-16-40-27-11-7-6-10-25(27)31)17-26(24)33-30(34-29)41-21-22-9-8-13-35(22)3/h5-7,10-11,22-23H,1,8-9,12-21H2,3-4H3/t22-,23-,31?/m0/s1. The molecular formula is C31H39N7O3. The number of carbonyl (C=O) groups is 1. The van der Waals surface area contributed by atoms with Crippen LogP contribution < -0.4 is 14.4 Å². The number of benzene rings is 1. The lowest BCUT2D eigenvalue weighted by molar-refractivity contribution is -0.128. The van der Waals surface area contributed by atoms with Crippen LogP contribution in [0.25, 0.3) is 4.85 Å². The zero-order chi connectivity index (χ0) is 28.6. The average molecular weight is 558 g/mol. The van der Waals surface area contributed by atoms with E-state index in [1.807, 2.05) is 6.07 Å². The van der Waals surface area contributed by atoms with Gasteiger partial charge in [-0.05, 0) is 45.6 Å². The van der Waals surface area contributed by atoms with Gasteiger partial charge in [-0.2, -0.15) is 9.97 Å². The van der Waals surface area contributed by atoms with Crippen molar-refractivity contribution in [2.75, 3.05) is 64.9 Å². The van der Waals surface area contributed by atoms with Gasteiger partial charge in [0.05, 0.1) is 17.8 Å². The summed E-state index contributed by atoms with van der Waals surface area (Å²) in [6.45, 7) is 16.0. The van der Waals surface area contributed by atoms with Gasteiger partial charge in [0.25, 0.3) is 0 Å². The SMILES string of the molecule is [C-]#[N+]C[C@H]1CN(c2nc(OC[C@@H]3CCCN3C)nc3c2CN(C)C2(CCOc4ccccc42)C3)CCN1C(=O)C=C. The Balaban J connectivity index is 1.37. The molecule has 1 amide bonds. The summed E-state index contributed by atoms with van der Waals surface area (Å²) in [6.07, 6.45) is 5.22. The van der Waals surface area contributed by atoms with Crippen molar-refractivity contribution >= 4 is 11.7 Å². The number of hydrogen-bond donors (Lipinski definition) is 0. The van der Waals surface area contributed by atoms with Crippen LogP contribution in [0.4, 0.5) is 5.82 Å². The van der Waals surface area contributed by atoms with Gasteiger partial charge in [0.2, 0.25) is 12.5 Å². The smallest absolute Gasteiger partial charge is 0.318 e. The summed E-state index contributed by atoms with van der Waals surface area (Å²) in [6, 6.07) is 8.87. The Bertz CT molecular complexity index is 1360. The molecule has 3 atom stereocenters. The van der Waals surface area contributed by atoms with Gasteiger partial charge >= 0.3 is 6.01 Å². The van der Waals surface area contributed by atoms with E-state index in [-0.39, 0.29) is 24.0 Å². The molecule has 216 valence electrons. The van der Waals surface area contributed by atoms with E-state index in [4.69, 9.17) is 26.0 Å². The number of piperazine rings is 1. The third-order valence-corrected chi connectivity index (χ3v) is 9.42. The number of aromatic nitrogens is 2. The van der Waals surface area contributed by atoms with E-state index in [0.29, 0.717) is 51.4 Å². The molecule has 5 heterocycles. The topological polar surface area (TPSA) is 78.6 Å². The number of para-hydroxylation sites is 1. The van der Waals surface area contributed by atoms with Crippen molar-refractivity contribution in [2.45, 2.75) is 49.9 Å². The van der Waals surface area contributed by atoms with Crippen LogP contribution in [0.15, 0.2) is 36.9 Å². The molecule has 0 bridgehead atoms. The molecule has 41 heavy (non-hydrogen) atoms. The van der Waals surface area contributed by atoms with Crippen LogP contribution in [0, 0.1) is 6.57 Å². The van der Waals surface area contributed by atoms with Crippen molar-refractivity contribution in [1.82, 2.24) is 24.7 Å². The van der Waals surface area contributed by atoms with Crippen molar-refractivity contribution in [2.24, 2.45) is 0 Å². The normalized spacial score (nSPS) is 26.2. The lowest BCUT2D eigenvalue weighted by atomic mass is 9.76. The molecule has 2 fully saturated rings. The third-order valence-electron chi connectivity index (χ3n) is 9.42. The predicted octanol–water partition coefficient (Wildman–Crippen LogP) is 2.74. The molecule has 2 saturated heterocycles. The highest BCUT2D eigenvalue weighted by molar-refractivity contribution is 5.87. The lowest BCUT2D eigenvalue weighted by Crippen LogP contribution is -2.57. The van der Waals surface area contributed by atoms with Crippen LogP contribution in [-0.2, 0) is 23.3 Å². The maximum atomic E-state index is 12.6. The maximum Gasteiger partial charge on any atom is 0.318 e. The number of rotatable bonds is 6. The highest BCUT2D eigenvalue weighted by Crippen LogP contribution is 2.47. The Morgan fingerprint density at radius 1 is 1.24 bits per heavy atom. The first-order chi connectivity index (χ1) is 19.9. The molecule has 1 spiro atoms. The highest BCUT2D eigenvalue weighted by Gasteiger charge is 2.46. The monoisotopic (exact) mass is 557 g/mol. The van der Waals surface area contributed by atoms with Crippen molar-refractivity contribution < 1.29 is 14.3 Å². The Morgan fingerprint density at radius 2 is 2.10 bits per heavy atom. The number of hydrogen-bond acceptors (Lipinski definition) is 8. The number of nitrogens with zero attached hydrogens (tertiary/aromatic N) is 7. The molecule has 1 aromatic heterocycles. The molecule has 10 nitrogen and oxygen atoms in total. The quantitative estimate of drug-likeness (QED) is 0.397. The summed E-state index contributed by atoms with van der Waals surface area (Å²) in [5.74, 6) is 1.66. The minimum atomic E-state index is -0.232. The van der Waals surface area contributed by atoms with E-state index in [1.54, 1.807) is 4.90 Å². The largest absolute Gasteiger partial charge is 0.493 e. The van der Waals surface area contributed by atoms with Crippen LogP contribution >= 0.6 is 0 Å². The Hall–Kier alpha value is -3.68. The molecule has 4 aliphatic heterocycles. The van der Waals surface area contributed by atoms with E-state index in [2.05, 4.69) is 58.4 Å². The van der Waals surface area contributed by atoms with E-state index in [9.17, 15) is 4.79 Å². The lowest BCUT2D eigenvalue weighted by Gasteiger charge is -2.49. The highest BCUT2D eigenvalue weighted by atomic mass is 16.5. The Kier molecular flexibility index (Phi) is 7.58. The predicted molar refractivity (Wildman–Crippen MR) is 156 cm³/mol. The Morgan fingerprint density at radius 3 is 2.88 bits per heavy atom. The van der Waals surface area contributed by atoms with Gasteiger partial charge in [0.15, 0.2) is 0 Å². The number of ether oxygens (including phenoxy) is 2. The number of carbonyl (C=O) groups excluding carboxylic acids is 1. The van der Waals surface area contributed by atoms with Crippen molar-refractivity contribution in [3.63, 3.8) is 0 Å². The van der Waals surface area contributed by atoms with E-state index < -0.39 is 0 Å². The second kappa shape index (κ2) is 11.3. The Labute approximate surface area is 242 Å². The fourth-order valence-corrected chi connectivity index (χ4v) is 7.03. The first-order valence-corrected chi connectivity index (χ1v) is 14.6. The van der Waals surface area contributed by atoms with E-state index in [1.165, 1.54) is 18.1 Å². The summed E-state index contributed by atoms with van der Waals surface area (Å²) in [5, 5.41) is 0. The van der Waals surface area contributed by atoms with Crippen LogP contribution in [0.1, 0.15) is 36.1 Å². The van der Waals surface area contributed by atoms with E-state index >= 15 is 0 Å². The summed E-state index contributed by atoms with van der Waals surface area (Å²) >= 11 is 0. The van der Waals surface area contributed by atoms with Gasteiger partial charge < -0.3 is 29.0 Å². The van der Waals surface area contributed by atoms with Gasteiger partial charge in [-0.25, -0.2) is 6.57 Å². The zero-order valence-corrected chi connectivity index (χ0v) is 24.1. The van der Waals surface area contributed by atoms with Gasteiger partial charge in [0, 0.05) is 56.2 Å². The number of likely N-dealkylation sites (tertiary alicyclic amines) is 1. The second-order valence-corrected chi connectivity index (χ2v) is 11.7. The second-order valence-electron chi connectivity index (χ2n) is 11.7. The van der Waals surface area contributed by atoms with Gasteiger partial charge in [0.1, 0.15) is 24.2 Å². The first-order valence-electron chi connectivity index (χ1n) is 14.6. The molecule has 0 saturated carbocycles. The molecule has 0 aliphatic carbocycles. The molecule has 0 radical (unpaired) electrons. The van der Waals surface area contributed by atoms with Crippen molar-refractivity contribution in [1.29, 1.82) is 0 Å². The van der Waals surface area contributed by atoms with Crippen LogP contribution in [-0.4, -0.2) is 103 Å². The van der Waals surface area contributed by atoms with Crippen LogP contribution in [0.2, 0.25) is 0 Å². The molecule has 10 heteroatoms. The minimum absolute atomic E-state index is 0.132. The van der Waals surface area contributed by atoms with Crippen LogP contribution in [0.3, 0.4) is 0 Å². The summed E-state index contributed by atoms with van der Waals surface area (Å²) in [5.41, 5.74) is 3.07. The van der Waals surface area contributed by atoms with Crippen molar-refractivity contribution in [3.8, 4) is 11.8 Å². The fraction of sp³-hybridized carbons (Fsp3) is 0.548. The first kappa shape index (κ1) is 27.5. The number of fused-ring (bicyclic) bond motifs is 3. The summed E-state index contributed by atoms with van der Waals surface area (Å²) in [4.78, 5) is 35.0. The van der Waals surface area contributed by atoms with E-state index in [0.717, 1.165) is 48.6 Å². The molecule has 0 N–H and O–H groups in total. The van der Waals surface area contributed by atoms with Gasteiger partial charge in [-0.3, -0.25) is 9.69 Å². The van der Waals surface area contributed by atoms with Gasteiger partial charge in [-0.15, -0.1) is 0 Å². The fourth-order valence-electron chi connectivity index (χ4n) is 7.03.